The summed E-state index contributed by atoms with van der Waals surface area (Å²) in [5.74, 6) is 0. The highest BCUT2D eigenvalue weighted by Crippen LogP contribution is 2.35. The van der Waals surface area contributed by atoms with Gasteiger partial charge in [-0.3, -0.25) is 0 Å². The quantitative estimate of drug-likeness (QED) is 0.882. The fourth-order valence-electron chi connectivity index (χ4n) is 2.75. The Labute approximate surface area is 111 Å². The summed E-state index contributed by atoms with van der Waals surface area (Å²) in [5, 5.41) is 2.71. The Bertz CT molecular complexity index is 500. The Balaban J connectivity index is 1.86. The maximum absolute atomic E-state index is 11.2. The summed E-state index contributed by atoms with van der Waals surface area (Å²) < 4.78 is 15.9. The maximum Gasteiger partial charge on any atom is 0.406 e. The summed E-state index contributed by atoms with van der Waals surface area (Å²) in [6.45, 7) is 2.41. The average Bonchev–Trinajstić information content (AvgIpc) is 2.92. The van der Waals surface area contributed by atoms with Crippen LogP contribution >= 0.6 is 0 Å². The lowest BCUT2D eigenvalue weighted by molar-refractivity contribution is 0.0403. The Hall–Kier alpha value is -1.59. The molecular weight excluding hydrogens is 246 g/mol. The van der Waals surface area contributed by atoms with Crippen LogP contribution in [0.15, 0.2) is 12.1 Å². The van der Waals surface area contributed by atoms with Crippen molar-refractivity contribution in [1.82, 2.24) is 5.32 Å². The van der Waals surface area contributed by atoms with Crippen molar-refractivity contribution in [2.45, 2.75) is 25.7 Å². The Kier molecular flexibility index (Phi) is 3.40. The second kappa shape index (κ2) is 5.19. The van der Waals surface area contributed by atoms with Crippen LogP contribution in [0.3, 0.4) is 0 Å². The Morgan fingerprint density at radius 1 is 1.42 bits per heavy atom. The van der Waals surface area contributed by atoms with E-state index < -0.39 is 6.09 Å². The minimum Gasteiger partial charge on any atom is -0.453 e. The lowest BCUT2D eigenvalue weighted by Crippen LogP contribution is -2.32. The molecule has 0 aliphatic carbocycles. The number of methoxy groups -OCH3 is 1. The zero-order valence-electron chi connectivity index (χ0n) is 10.9. The summed E-state index contributed by atoms with van der Waals surface area (Å²) in [6.07, 6.45) is 0.371. The highest BCUT2D eigenvalue weighted by molar-refractivity contribution is 5.67. The normalized spacial score (nSPS) is 20.6. The van der Waals surface area contributed by atoms with E-state index >= 15 is 0 Å². The van der Waals surface area contributed by atoms with Crippen LogP contribution in [0, 0.1) is 0 Å². The molecule has 19 heavy (non-hydrogen) atoms. The summed E-state index contributed by atoms with van der Waals surface area (Å²) in [6, 6.07) is 4.29. The molecule has 0 aromatic heterocycles. The van der Waals surface area contributed by atoms with Crippen LogP contribution < -0.4 is 5.32 Å². The Morgan fingerprint density at radius 3 is 3.11 bits per heavy atom. The lowest BCUT2D eigenvalue weighted by atomic mass is 9.90. The molecule has 1 aromatic rings. The van der Waals surface area contributed by atoms with Gasteiger partial charge in [-0.15, -0.1) is 0 Å². The van der Waals surface area contributed by atoms with E-state index in [4.69, 9.17) is 9.47 Å². The second-order valence-corrected chi connectivity index (χ2v) is 4.75. The van der Waals surface area contributed by atoms with Crippen LogP contribution in [0.4, 0.5) is 4.79 Å². The highest BCUT2D eigenvalue weighted by atomic mass is 16.5. The van der Waals surface area contributed by atoms with Crippen molar-refractivity contribution in [3.05, 3.63) is 34.4 Å². The number of amides is 1. The van der Waals surface area contributed by atoms with Crippen LogP contribution in [0.5, 0.6) is 0 Å². The van der Waals surface area contributed by atoms with E-state index in [2.05, 4.69) is 22.2 Å². The highest BCUT2D eigenvalue weighted by Gasteiger charge is 2.28. The van der Waals surface area contributed by atoms with Gasteiger partial charge >= 0.3 is 6.09 Å². The minimum absolute atomic E-state index is 0.112. The number of carbonyl (C=O) groups excluding carboxylic acids is 1. The standard InChI is InChI=1S/C14H17NO4/c1-17-14(16)15-6-12-13-9(4-5-19-12)2-3-10-7-18-8-11(10)13/h2-3,12H,4-8H2,1H3,(H,15,16). The first-order valence-electron chi connectivity index (χ1n) is 6.44. The number of carbonyl (C=O) groups is 1. The van der Waals surface area contributed by atoms with Crippen LogP contribution in [0.25, 0.3) is 0 Å². The molecule has 1 amide bonds. The third-order valence-corrected chi connectivity index (χ3v) is 3.68. The van der Waals surface area contributed by atoms with Crippen LogP contribution in [0.1, 0.15) is 28.4 Å². The molecule has 0 saturated heterocycles. The SMILES string of the molecule is COC(=O)NCC1OCCc2ccc3c(c21)COC3. The minimum atomic E-state index is -0.431. The van der Waals surface area contributed by atoms with Gasteiger partial charge in [0.05, 0.1) is 33.5 Å². The van der Waals surface area contributed by atoms with E-state index in [0.29, 0.717) is 26.4 Å². The van der Waals surface area contributed by atoms with Crippen molar-refractivity contribution in [2.24, 2.45) is 0 Å². The zero-order valence-corrected chi connectivity index (χ0v) is 10.9. The van der Waals surface area contributed by atoms with Gasteiger partial charge in [-0.05, 0) is 28.7 Å². The summed E-state index contributed by atoms with van der Waals surface area (Å²) in [7, 11) is 1.36. The molecule has 1 aromatic carbocycles. The van der Waals surface area contributed by atoms with E-state index in [0.717, 1.165) is 6.42 Å². The van der Waals surface area contributed by atoms with Crippen molar-refractivity contribution in [3.63, 3.8) is 0 Å². The van der Waals surface area contributed by atoms with E-state index in [1.807, 2.05) is 0 Å². The Morgan fingerprint density at radius 2 is 2.26 bits per heavy atom. The monoisotopic (exact) mass is 263 g/mol. The van der Waals surface area contributed by atoms with Crippen molar-refractivity contribution in [3.8, 4) is 0 Å². The van der Waals surface area contributed by atoms with Gasteiger partial charge in [0, 0.05) is 0 Å². The molecule has 0 radical (unpaired) electrons. The van der Waals surface area contributed by atoms with Gasteiger partial charge in [0.1, 0.15) is 6.10 Å². The van der Waals surface area contributed by atoms with Crippen LogP contribution in [0.2, 0.25) is 0 Å². The van der Waals surface area contributed by atoms with E-state index in [-0.39, 0.29) is 6.10 Å². The van der Waals surface area contributed by atoms with E-state index in [1.165, 1.54) is 29.4 Å². The van der Waals surface area contributed by atoms with Crippen molar-refractivity contribution < 1.29 is 19.0 Å². The number of fused-ring (bicyclic) bond motifs is 3. The van der Waals surface area contributed by atoms with Gasteiger partial charge in [-0.25, -0.2) is 4.79 Å². The first-order chi connectivity index (χ1) is 9.29. The zero-order chi connectivity index (χ0) is 13.2. The van der Waals surface area contributed by atoms with Crippen molar-refractivity contribution >= 4 is 6.09 Å². The number of benzene rings is 1. The lowest BCUT2D eigenvalue weighted by Gasteiger charge is -2.28. The molecule has 1 N–H and O–H groups in total. The second-order valence-electron chi connectivity index (χ2n) is 4.75. The van der Waals surface area contributed by atoms with Gasteiger partial charge in [0.2, 0.25) is 0 Å². The molecule has 102 valence electrons. The molecule has 0 saturated carbocycles. The molecule has 5 heteroatoms. The largest absolute Gasteiger partial charge is 0.453 e. The number of hydrogen-bond acceptors (Lipinski definition) is 4. The molecular formula is C14H17NO4. The topological polar surface area (TPSA) is 56.8 Å². The fraction of sp³-hybridized carbons (Fsp3) is 0.500. The van der Waals surface area contributed by atoms with Gasteiger partial charge < -0.3 is 19.5 Å². The first-order valence-corrected chi connectivity index (χ1v) is 6.44. The molecule has 2 heterocycles. The van der Waals surface area contributed by atoms with E-state index in [9.17, 15) is 4.79 Å². The van der Waals surface area contributed by atoms with Crippen LogP contribution in [-0.2, 0) is 33.8 Å². The molecule has 3 rings (SSSR count). The summed E-state index contributed by atoms with van der Waals surface area (Å²) in [4.78, 5) is 11.2. The van der Waals surface area contributed by atoms with Crippen molar-refractivity contribution in [2.75, 3.05) is 20.3 Å². The molecule has 0 spiro atoms. The number of hydrogen-bond donors (Lipinski definition) is 1. The first kappa shape index (κ1) is 12.4. The maximum atomic E-state index is 11.2. The molecule has 1 unspecified atom stereocenters. The van der Waals surface area contributed by atoms with Gasteiger partial charge in [-0.2, -0.15) is 0 Å². The fourth-order valence-corrected chi connectivity index (χ4v) is 2.75. The van der Waals surface area contributed by atoms with E-state index in [1.54, 1.807) is 0 Å². The smallest absolute Gasteiger partial charge is 0.406 e. The van der Waals surface area contributed by atoms with Crippen molar-refractivity contribution in [1.29, 1.82) is 0 Å². The third kappa shape index (κ3) is 2.31. The molecule has 0 bridgehead atoms. The summed E-state index contributed by atoms with van der Waals surface area (Å²) >= 11 is 0. The number of nitrogens with one attached hydrogen (secondary N) is 1. The molecule has 2 aliphatic rings. The number of alkyl carbamates (subject to hydrolysis) is 1. The number of rotatable bonds is 2. The molecule has 0 fully saturated rings. The third-order valence-electron chi connectivity index (χ3n) is 3.68. The summed E-state index contributed by atoms with van der Waals surface area (Å²) in [5.41, 5.74) is 4.95. The molecule has 2 aliphatic heterocycles. The van der Waals surface area contributed by atoms with Crippen LogP contribution in [-0.4, -0.2) is 26.4 Å². The van der Waals surface area contributed by atoms with Gasteiger partial charge in [-0.1, -0.05) is 12.1 Å². The predicted octanol–water partition coefficient (Wildman–Crippen LogP) is 1.69. The van der Waals surface area contributed by atoms with Gasteiger partial charge in [0.25, 0.3) is 0 Å². The number of ether oxygens (including phenoxy) is 3. The van der Waals surface area contributed by atoms with Gasteiger partial charge in [0.15, 0.2) is 0 Å². The predicted molar refractivity (Wildman–Crippen MR) is 67.7 cm³/mol. The molecule has 1 atom stereocenters. The molecule has 5 nitrogen and oxygen atoms in total. The average molecular weight is 263 g/mol.